The van der Waals surface area contributed by atoms with Gasteiger partial charge in [0.15, 0.2) is 0 Å². The predicted octanol–water partition coefficient (Wildman–Crippen LogP) is 2.96. The van der Waals surface area contributed by atoms with E-state index >= 15 is 0 Å². The van der Waals surface area contributed by atoms with Crippen LogP contribution in [-0.4, -0.2) is 29.3 Å². The van der Waals surface area contributed by atoms with Crippen LogP contribution in [0.1, 0.15) is 46.0 Å². The maximum atomic E-state index is 4.68. The van der Waals surface area contributed by atoms with E-state index in [-0.39, 0.29) is 4.75 Å². The minimum atomic E-state index is 0.186. The number of nitrogens with zero attached hydrogens (tertiary/aromatic N) is 1. The molecule has 2 rings (SSSR count). The van der Waals surface area contributed by atoms with E-state index in [2.05, 4.69) is 38.4 Å². The van der Waals surface area contributed by atoms with Crippen LogP contribution in [0.3, 0.4) is 0 Å². The van der Waals surface area contributed by atoms with Gasteiger partial charge >= 0.3 is 0 Å². The molecular weight excluding hydrogens is 190 g/mol. The first-order chi connectivity index (χ1) is 6.43. The van der Waals surface area contributed by atoms with Crippen molar-refractivity contribution in [3.63, 3.8) is 0 Å². The van der Waals surface area contributed by atoms with Gasteiger partial charge in [-0.2, -0.15) is 12.6 Å². The third kappa shape index (κ3) is 1.83. The van der Waals surface area contributed by atoms with Gasteiger partial charge in [0, 0.05) is 10.8 Å². The lowest BCUT2D eigenvalue weighted by molar-refractivity contribution is 0.0683. The molecule has 0 aromatic rings. The Hall–Kier alpha value is 0.310. The first-order valence-corrected chi connectivity index (χ1v) is 6.30. The van der Waals surface area contributed by atoms with E-state index in [9.17, 15) is 0 Å². The standard InChI is InChI=1S/C12H23NS/c1-11(2,14)9-10-12(5-4-6-12)7-8-13(10)3/h10,14H,4-9H2,1-3H3. The van der Waals surface area contributed by atoms with Crippen molar-refractivity contribution in [3.05, 3.63) is 0 Å². The maximum absolute atomic E-state index is 4.68. The maximum Gasteiger partial charge on any atom is 0.0162 e. The number of likely N-dealkylation sites (tertiary alicyclic amines) is 1. The van der Waals surface area contributed by atoms with Crippen molar-refractivity contribution in [1.29, 1.82) is 0 Å². The van der Waals surface area contributed by atoms with E-state index in [4.69, 9.17) is 0 Å². The molecule has 2 fully saturated rings. The van der Waals surface area contributed by atoms with Gasteiger partial charge in [0.1, 0.15) is 0 Å². The van der Waals surface area contributed by atoms with E-state index in [0.29, 0.717) is 5.41 Å². The average Bonchev–Trinajstić information content (AvgIpc) is 2.25. The monoisotopic (exact) mass is 213 g/mol. The van der Waals surface area contributed by atoms with Crippen LogP contribution in [0.15, 0.2) is 0 Å². The molecule has 1 saturated heterocycles. The predicted molar refractivity (Wildman–Crippen MR) is 65.0 cm³/mol. The molecule has 0 radical (unpaired) electrons. The fourth-order valence-corrected chi connectivity index (χ4v) is 3.42. The van der Waals surface area contributed by atoms with Crippen LogP contribution in [-0.2, 0) is 0 Å². The summed E-state index contributed by atoms with van der Waals surface area (Å²) in [6.45, 7) is 5.79. The molecular formula is C12H23NS. The molecule has 0 aromatic carbocycles. The summed E-state index contributed by atoms with van der Waals surface area (Å²) in [5.74, 6) is 0. The Labute approximate surface area is 93.7 Å². The van der Waals surface area contributed by atoms with E-state index in [0.717, 1.165) is 6.04 Å². The van der Waals surface area contributed by atoms with Crippen LogP contribution in [0, 0.1) is 5.41 Å². The van der Waals surface area contributed by atoms with Crippen molar-refractivity contribution in [2.75, 3.05) is 13.6 Å². The summed E-state index contributed by atoms with van der Waals surface area (Å²) in [4.78, 5) is 2.57. The molecule has 0 N–H and O–H groups in total. The molecule has 0 bridgehead atoms. The van der Waals surface area contributed by atoms with Crippen LogP contribution in [0.4, 0.5) is 0 Å². The van der Waals surface area contributed by atoms with Gasteiger partial charge < -0.3 is 4.90 Å². The van der Waals surface area contributed by atoms with Crippen molar-refractivity contribution < 1.29 is 0 Å². The van der Waals surface area contributed by atoms with Crippen LogP contribution in [0.5, 0.6) is 0 Å². The molecule has 2 heteroatoms. The Morgan fingerprint density at radius 2 is 2.00 bits per heavy atom. The lowest BCUT2D eigenvalue weighted by Gasteiger charge is -2.46. The van der Waals surface area contributed by atoms with Gasteiger partial charge in [0.2, 0.25) is 0 Å². The molecule has 1 spiro atoms. The smallest absolute Gasteiger partial charge is 0.0162 e. The second-order valence-corrected chi connectivity index (χ2v) is 7.19. The number of rotatable bonds is 2. The Balaban J connectivity index is 2.06. The zero-order valence-corrected chi connectivity index (χ0v) is 10.6. The summed E-state index contributed by atoms with van der Waals surface area (Å²) in [6.07, 6.45) is 7.06. The number of hydrogen-bond donors (Lipinski definition) is 1. The zero-order valence-electron chi connectivity index (χ0n) is 9.71. The van der Waals surface area contributed by atoms with Gasteiger partial charge in [0.05, 0.1) is 0 Å². The van der Waals surface area contributed by atoms with Crippen LogP contribution < -0.4 is 0 Å². The second kappa shape index (κ2) is 3.41. The first kappa shape index (κ1) is 10.8. The van der Waals surface area contributed by atoms with Gasteiger partial charge in [-0.3, -0.25) is 0 Å². The third-order valence-corrected chi connectivity index (χ3v) is 4.43. The van der Waals surface area contributed by atoms with Gasteiger partial charge in [-0.05, 0) is 44.7 Å². The lowest BCUT2D eigenvalue weighted by Crippen LogP contribution is -2.45. The minimum absolute atomic E-state index is 0.186. The van der Waals surface area contributed by atoms with Crippen LogP contribution in [0.2, 0.25) is 0 Å². The fourth-order valence-electron chi connectivity index (χ4n) is 3.25. The van der Waals surface area contributed by atoms with Gasteiger partial charge in [-0.25, -0.2) is 0 Å². The summed E-state index contributed by atoms with van der Waals surface area (Å²) in [5, 5.41) is 0. The third-order valence-electron chi connectivity index (χ3n) is 4.24. The topological polar surface area (TPSA) is 3.24 Å². The molecule has 14 heavy (non-hydrogen) atoms. The molecule has 1 heterocycles. The fraction of sp³-hybridized carbons (Fsp3) is 1.00. The first-order valence-electron chi connectivity index (χ1n) is 5.86. The highest BCUT2D eigenvalue weighted by Crippen LogP contribution is 2.54. The van der Waals surface area contributed by atoms with E-state index in [1.54, 1.807) is 0 Å². The summed E-state index contributed by atoms with van der Waals surface area (Å²) in [7, 11) is 2.29. The Morgan fingerprint density at radius 1 is 1.36 bits per heavy atom. The molecule has 82 valence electrons. The van der Waals surface area contributed by atoms with Crippen LogP contribution >= 0.6 is 12.6 Å². The number of hydrogen-bond acceptors (Lipinski definition) is 2. The highest BCUT2D eigenvalue weighted by atomic mass is 32.1. The summed E-state index contributed by atoms with van der Waals surface area (Å²) < 4.78 is 0.186. The Bertz CT molecular complexity index is 215. The van der Waals surface area contributed by atoms with Gasteiger partial charge in [-0.15, -0.1) is 0 Å². The Morgan fingerprint density at radius 3 is 2.43 bits per heavy atom. The van der Waals surface area contributed by atoms with Crippen molar-refractivity contribution in [1.82, 2.24) is 4.90 Å². The van der Waals surface area contributed by atoms with Crippen molar-refractivity contribution in [3.8, 4) is 0 Å². The van der Waals surface area contributed by atoms with E-state index < -0.39 is 0 Å². The Kier molecular flexibility index (Phi) is 2.64. The molecule has 1 nitrogen and oxygen atoms in total. The highest BCUT2D eigenvalue weighted by Gasteiger charge is 2.50. The van der Waals surface area contributed by atoms with Gasteiger partial charge in [0.25, 0.3) is 0 Å². The summed E-state index contributed by atoms with van der Waals surface area (Å²) in [6, 6.07) is 0.795. The zero-order chi connectivity index (χ0) is 10.4. The molecule has 1 aliphatic heterocycles. The highest BCUT2D eigenvalue weighted by molar-refractivity contribution is 7.81. The average molecular weight is 213 g/mol. The summed E-state index contributed by atoms with van der Waals surface area (Å²) in [5.41, 5.74) is 0.689. The van der Waals surface area contributed by atoms with E-state index in [1.807, 2.05) is 0 Å². The molecule has 1 atom stereocenters. The molecule has 2 aliphatic rings. The van der Waals surface area contributed by atoms with Crippen molar-refractivity contribution in [2.24, 2.45) is 5.41 Å². The lowest BCUT2D eigenvalue weighted by atomic mass is 9.62. The SMILES string of the molecule is CN1CCC2(CCC2)C1CC(C)(C)S. The summed E-state index contributed by atoms with van der Waals surface area (Å²) >= 11 is 4.68. The van der Waals surface area contributed by atoms with Crippen LogP contribution in [0.25, 0.3) is 0 Å². The molecule has 0 amide bonds. The molecule has 1 unspecified atom stereocenters. The van der Waals surface area contributed by atoms with Crippen molar-refractivity contribution >= 4 is 12.6 Å². The molecule has 1 aliphatic carbocycles. The molecule has 1 saturated carbocycles. The normalized spacial score (nSPS) is 32.1. The number of thiol groups is 1. The van der Waals surface area contributed by atoms with E-state index in [1.165, 1.54) is 38.6 Å². The largest absolute Gasteiger partial charge is 0.303 e. The minimum Gasteiger partial charge on any atom is -0.303 e. The second-order valence-electron chi connectivity index (χ2n) is 5.98. The molecule has 0 aromatic heterocycles. The van der Waals surface area contributed by atoms with Crippen molar-refractivity contribution in [2.45, 2.75) is 56.7 Å². The quantitative estimate of drug-likeness (QED) is 0.690. The van der Waals surface area contributed by atoms with Gasteiger partial charge in [-0.1, -0.05) is 20.3 Å².